The van der Waals surface area contributed by atoms with Crippen molar-refractivity contribution in [3.8, 4) is 22.9 Å². The van der Waals surface area contributed by atoms with Gasteiger partial charge in [0, 0.05) is 35.8 Å². The number of nitrogens with zero attached hydrogens (tertiary/aromatic N) is 3. The second kappa shape index (κ2) is 8.20. The monoisotopic (exact) mass is 408 g/mol. The highest BCUT2D eigenvalue weighted by Gasteiger charge is 2.34. The lowest BCUT2D eigenvalue weighted by atomic mass is 10.2. The van der Waals surface area contributed by atoms with E-state index in [1.807, 2.05) is 18.2 Å². The Morgan fingerprint density at radius 2 is 1.60 bits per heavy atom. The molecule has 0 saturated carbocycles. The fraction of sp³-hybridized carbons (Fsp3) is 0.0455. The first-order valence-corrected chi connectivity index (χ1v) is 8.94. The van der Waals surface area contributed by atoms with E-state index in [9.17, 15) is 13.2 Å². The first-order valence-electron chi connectivity index (χ1n) is 8.94. The molecule has 150 valence electrons. The molecule has 0 bridgehead atoms. The number of anilines is 2. The van der Waals surface area contributed by atoms with Crippen LogP contribution in [0.15, 0.2) is 85.2 Å². The van der Waals surface area contributed by atoms with Crippen LogP contribution in [0.3, 0.4) is 0 Å². The Morgan fingerprint density at radius 3 is 2.33 bits per heavy atom. The Bertz CT molecular complexity index is 1140. The Hall–Kier alpha value is -3.94. The van der Waals surface area contributed by atoms with Crippen molar-refractivity contribution in [3.05, 3.63) is 90.9 Å². The summed E-state index contributed by atoms with van der Waals surface area (Å²) in [5, 5.41) is 2.90. The van der Waals surface area contributed by atoms with Crippen molar-refractivity contribution >= 4 is 11.5 Å². The molecule has 0 atom stereocenters. The van der Waals surface area contributed by atoms with Crippen LogP contribution in [0.2, 0.25) is 0 Å². The van der Waals surface area contributed by atoms with Gasteiger partial charge >= 0.3 is 6.18 Å². The van der Waals surface area contributed by atoms with Crippen LogP contribution in [0.25, 0.3) is 11.4 Å². The van der Waals surface area contributed by atoms with Crippen LogP contribution in [-0.4, -0.2) is 15.0 Å². The molecule has 4 aromatic rings. The highest BCUT2D eigenvalue weighted by molar-refractivity contribution is 5.62. The number of nitrogens with one attached hydrogen (secondary N) is 1. The number of alkyl halides is 3. The van der Waals surface area contributed by atoms with Gasteiger partial charge in [-0.2, -0.15) is 13.2 Å². The summed E-state index contributed by atoms with van der Waals surface area (Å²) in [6.45, 7) is 0. The van der Waals surface area contributed by atoms with Crippen molar-refractivity contribution in [2.45, 2.75) is 6.18 Å². The summed E-state index contributed by atoms with van der Waals surface area (Å²) in [6, 6.07) is 20.1. The molecule has 4 rings (SSSR count). The minimum atomic E-state index is -4.62. The van der Waals surface area contributed by atoms with Gasteiger partial charge in [-0.15, -0.1) is 0 Å². The van der Waals surface area contributed by atoms with Crippen molar-refractivity contribution in [2.24, 2.45) is 0 Å². The summed E-state index contributed by atoms with van der Waals surface area (Å²) in [5.41, 5.74) is -0.143. The molecule has 0 spiro atoms. The molecule has 0 unspecified atom stereocenters. The molecule has 1 N–H and O–H groups in total. The van der Waals surface area contributed by atoms with Gasteiger partial charge in [-0.1, -0.05) is 24.3 Å². The summed E-state index contributed by atoms with van der Waals surface area (Å²) < 4.78 is 45.8. The summed E-state index contributed by atoms with van der Waals surface area (Å²) in [7, 11) is 0. The number of halogens is 3. The molecule has 0 saturated heterocycles. The van der Waals surface area contributed by atoms with Gasteiger partial charge in [0.25, 0.3) is 0 Å². The van der Waals surface area contributed by atoms with E-state index in [1.54, 1.807) is 48.5 Å². The maximum absolute atomic E-state index is 13.4. The second-order valence-electron chi connectivity index (χ2n) is 6.27. The fourth-order valence-electron chi connectivity index (χ4n) is 2.69. The molecular weight excluding hydrogens is 393 g/mol. The van der Waals surface area contributed by atoms with Gasteiger partial charge in [-0.3, -0.25) is 4.98 Å². The van der Waals surface area contributed by atoms with Gasteiger partial charge in [0.1, 0.15) is 17.3 Å². The number of ether oxygens (including phenoxy) is 1. The first kappa shape index (κ1) is 19.4. The number of aromatic nitrogens is 3. The topological polar surface area (TPSA) is 59.9 Å². The van der Waals surface area contributed by atoms with E-state index in [0.29, 0.717) is 22.7 Å². The lowest BCUT2D eigenvalue weighted by Crippen LogP contribution is -2.11. The van der Waals surface area contributed by atoms with E-state index in [2.05, 4.69) is 20.3 Å². The smallest absolute Gasteiger partial charge is 0.433 e. The summed E-state index contributed by atoms with van der Waals surface area (Å²) in [6.07, 6.45) is -1.68. The molecular formula is C22H15F3N4O. The lowest BCUT2D eigenvalue weighted by Gasteiger charge is -2.13. The average molecular weight is 408 g/mol. The maximum atomic E-state index is 13.4. The normalized spacial score (nSPS) is 11.2. The van der Waals surface area contributed by atoms with Crippen LogP contribution in [0.4, 0.5) is 24.7 Å². The Balaban J connectivity index is 1.65. The number of benzene rings is 2. The highest BCUT2D eigenvalue weighted by atomic mass is 19.4. The van der Waals surface area contributed by atoms with Crippen molar-refractivity contribution < 1.29 is 17.9 Å². The predicted molar refractivity (Wildman–Crippen MR) is 107 cm³/mol. The molecule has 0 aliphatic rings. The van der Waals surface area contributed by atoms with Gasteiger partial charge in [-0.05, 0) is 36.4 Å². The van der Waals surface area contributed by atoms with Crippen LogP contribution in [0, 0.1) is 0 Å². The zero-order valence-corrected chi connectivity index (χ0v) is 15.5. The summed E-state index contributed by atoms with van der Waals surface area (Å²) in [4.78, 5) is 11.8. The molecule has 0 amide bonds. The minimum Gasteiger partial charge on any atom is -0.457 e. The third kappa shape index (κ3) is 4.72. The van der Waals surface area contributed by atoms with Crippen LogP contribution < -0.4 is 10.1 Å². The number of hydrogen-bond acceptors (Lipinski definition) is 5. The fourth-order valence-corrected chi connectivity index (χ4v) is 2.69. The van der Waals surface area contributed by atoms with E-state index >= 15 is 0 Å². The molecule has 5 nitrogen and oxygen atoms in total. The van der Waals surface area contributed by atoms with Gasteiger partial charge in [0.05, 0.1) is 0 Å². The molecule has 8 heteroatoms. The molecule has 2 heterocycles. The molecule has 0 fully saturated rings. The van der Waals surface area contributed by atoms with Gasteiger partial charge in [0.2, 0.25) is 0 Å². The molecule has 2 aromatic heterocycles. The number of pyridine rings is 1. The molecule has 30 heavy (non-hydrogen) atoms. The largest absolute Gasteiger partial charge is 0.457 e. The van der Waals surface area contributed by atoms with E-state index in [4.69, 9.17) is 4.74 Å². The van der Waals surface area contributed by atoms with E-state index in [-0.39, 0.29) is 11.6 Å². The molecule has 2 aromatic carbocycles. The molecule has 0 aliphatic carbocycles. The highest BCUT2D eigenvalue weighted by Crippen LogP contribution is 2.32. The quantitative estimate of drug-likeness (QED) is 0.433. The van der Waals surface area contributed by atoms with E-state index in [0.717, 1.165) is 6.07 Å². The lowest BCUT2D eigenvalue weighted by molar-refractivity contribution is -0.141. The predicted octanol–water partition coefficient (Wildman–Crippen LogP) is 6.09. The standard InChI is InChI=1S/C22H15F3N4O/c23-22(24,25)19-13-20(29-21(28-19)15-6-5-11-26-14-15)27-16-7-4-10-18(12-16)30-17-8-2-1-3-9-17/h1-14H,(H,27,28,29). The van der Waals surface area contributed by atoms with Crippen molar-refractivity contribution in [3.63, 3.8) is 0 Å². The van der Waals surface area contributed by atoms with Crippen LogP contribution in [-0.2, 0) is 6.18 Å². The van der Waals surface area contributed by atoms with Gasteiger partial charge in [-0.25, -0.2) is 9.97 Å². The zero-order valence-electron chi connectivity index (χ0n) is 15.5. The summed E-state index contributed by atoms with van der Waals surface area (Å²) in [5.74, 6) is 1.11. The number of rotatable bonds is 5. The van der Waals surface area contributed by atoms with Crippen molar-refractivity contribution in [2.75, 3.05) is 5.32 Å². The van der Waals surface area contributed by atoms with Gasteiger partial charge in [0.15, 0.2) is 11.5 Å². The van der Waals surface area contributed by atoms with Crippen molar-refractivity contribution in [1.29, 1.82) is 0 Å². The van der Waals surface area contributed by atoms with Gasteiger partial charge < -0.3 is 10.1 Å². The third-order valence-corrected chi connectivity index (χ3v) is 4.02. The first-order chi connectivity index (χ1) is 14.5. The third-order valence-electron chi connectivity index (χ3n) is 4.02. The maximum Gasteiger partial charge on any atom is 0.433 e. The van der Waals surface area contributed by atoms with Crippen LogP contribution >= 0.6 is 0 Å². The van der Waals surface area contributed by atoms with Crippen LogP contribution in [0.5, 0.6) is 11.5 Å². The van der Waals surface area contributed by atoms with E-state index < -0.39 is 11.9 Å². The number of hydrogen-bond donors (Lipinski definition) is 1. The Labute approximate surface area is 170 Å². The SMILES string of the molecule is FC(F)(F)c1cc(Nc2cccc(Oc3ccccc3)c2)nc(-c2cccnc2)n1. The zero-order chi connectivity index (χ0) is 21.0. The second-order valence-corrected chi connectivity index (χ2v) is 6.27. The van der Waals surface area contributed by atoms with E-state index in [1.165, 1.54) is 12.4 Å². The molecule has 0 radical (unpaired) electrons. The minimum absolute atomic E-state index is 0.00744. The average Bonchev–Trinajstić information content (AvgIpc) is 2.74. The van der Waals surface area contributed by atoms with Crippen LogP contribution in [0.1, 0.15) is 5.69 Å². The number of para-hydroxylation sites is 1. The Morgan fingerprint density at radius 1 is 0.800 bits per heavy atom. The molecule has 0 aliphatic heterocycles. The summed E-state index contributed by atoms with van der Waals surface area (Å²) >= 11 is 0. The Kier molecular flexibility index (Phi) is 5.30. The van der Waals surface area contributed by atoms with Crippen molar-refractivity contribution in [1.82, 2.24) is 15.0 Å².